The molecule has 0 saturated carbocycles. The highest BCUT2D eigenvalue weighted by molar-refractivity contribution is 5.97. The molecule has 0 saturated heterocycles. The summed E-state index contributed by atoms with van der Waals surface area (Å²) in [5.41, 5.74) is 1.39. The van der Waals surface area contributed by atoms with E-state index in [1.807, 2.05) is 42.5 Å². The Bertz CT molecular complexity index is 1610. The molecule has 5 aromatic rings. The maximum absolute atomic E-state index is 12.5. The molecule has 2 N–H and O–H groups in total. The van der Waals surface area contributed by atoms with Gasteiger partial charge in [0, 0.05) is 23.1 Å². The Kier molecular flexibility index (Phi) is 5.64. The smallest absolute Gasteiger partial charge is 0.295 e. The van der Waals surface area contributed by atoms with Gasteiger partial charge in [0.2, 0.25) is 5.88 Å². The molecule has 0 aliphatic carbocycles. The molecule has 35 heavy (non-hydrogen) atoms. The number of carbonyl (C=O) groups is 1. The van der Waals surface area contributed by atoms with Crippen LogP contribution in [0.25, 0.3) is 21.7 Å². The highest BCUT2D eigenvalue weighted by Gasteiger charge is 2.15. The van der Waals surface area contributed by atoms with Gasteiger partial charge in [-0.05, 0) is 46.7 Å². The summed E-state index contributed by atoms with van der Waals surface area (Å²) in [6.07, 6.45) is 0. The van der Waals surface area contributed by atoms with E-state index in [1.54, 1.807) is 24.3 Å². The van der Waals surface area contributed by atoms with Crippen molar-refractivity contribution in [2.75, 3.05) is 0 Å². The van der Waals surface area contributed by atoms with Crippen molar-refractivity contribution in [1.82, 2.24) is 4.98 Å². The van der Waals surface area contributed by atoms with E-state index in [0.717, 1.165) is 22.1 Å². The summed E-state index contributed by atoms with van der Waals surface area (Å²) in [7, 11) is 0. The van der Waals surface area contributed by atoms with Gasteiger partial charge in [0.25, 0.3) is 11.6 Å². The lowest BCUT2D eigenvalue weighted by molar-refractivity contribution is -0.384. The number of aromatic hydroxyl groups is 1. The second kappa shape index (κ2) is 9.06. The molecule has 172 valence electrons. The molecular formula is C26H18N4O5. The molecule has 0 aliphatic heterocycles. The van der Waals surface area contributed by atoms with Gasteiger partial charge in [0.1, 0.15) is 12.4 Å². The minimum Gasteiger partial charge on any atom is -0.493 e. The Morgan fingerprint density at radius 1 is 0.971 bits per heavy atom. The number of non-ortho nitro benzene ring substituents is 1. The van der Waals surface area contributed by atoms with Crippen LogP contribution in [-0.2, 0) is 6.61 Å². The fourth-order valence-electron chi connectivity index (χ4n) is 3.69. The standard InChI is InChI=1S/C26H18N4O5/c31-25(29-28-24-22-14-20(30(33)34)10-12-23(22)27-26(24)32)18-7-5-16(6-8-18)15-35-21-11-9-17-3-1-2-4-19(17)13-21/h1-14,27,32H,15H2. The van der Waals surface area contributed by atoms with Gasteiger partial charge in [-0.3, -0.25) is 14.9 Å². The Morgan fingerprint density at radius 3 is 2.51 bits per heavy atom. The Balaban J connectivity index is 1.28. The molecule has 1 heterocycles. The van der Waals surface area contributed by atoms with Gasteiger partial charge >= 0.3 is 0 Å². The van der Waals surface area contributed by atoms with Crippen molar-refractivity contribution in [1.29, 1.82) is 0 Å². The molecule has 1 aromatic heterocycles. The Morgan fingerprint density at radius 2 is 1.74 bits per heavy atom. The van der Waals surface area contributed by atoms with Gasteiger partial charge in [-0.15, -0.1) is 10.2 Å². The molecule has 0 fully saturated rings. The van der Waals surface area contributed by atoms with E-state index in [0.29, 0.717) is 17.7 Å². The number of hydrogen-bond donors (Lipinski definition) is 2. The lowest BCUT2D eigenvalue weighted by Crippen LogP contribution is -1.98. The third-order valence-electron chi connectivity index (χ3n) is 5.51. The van der Waals surface area contributed by atoms with Crippen LogP contribution in [0.4, 0.5) is 11.4 Å². The first-order valence-corrected chi connectivity index (χ1v) is 10.6. The average Bonchev–Trinajstić information content (AvgIpc) is 3.20. The number of hydrogen-bond acceptors (Lipinski definition) is 6. The van der Waals surface area contributed by atoms with Crippen LogP contribution in [0.5, 0.6) is 11.6 Å². The van der Waals surface area contributed by atoms with Gasteiger partial charge in [-0.25, -0.2) is 0 Å². The summed E-state index contributed by atoms with van der Waals surface area (Å²) < 4.78 is 5.87. The number of H-pyrrole nitrogens is 1. The highest BCUT2D eigenvalue weighted by atomic mass is 16.6. The van der Waals surface area contributed by atoms with Crippen molar-refractivity contribution >= 4 is 39.0 Å². The topological polar surface area (TPSA) is 130 Å². The molecule has 1 amide bonds. The van der Waals surface area contributed by atoms with E-state index in [1.165, 1.54) is 18.2 Å². The van der Waals surface area contributed by atoms with Crippen LogP contribution in [0.1, 0.15) is 15.9 Å². The number of nitro groups is 1. The summed E-state index contributed by atoms with van der Waals surface area (Å²) >= 11 is 0. The summed E-state index contributed by atoms with van der Waals surface area (Å²) in [6.45, 7) is 0.330. The Hall–Kier alpha value is -5.05. The summed E-state index contributed by atoms with van der Waals surface area (Å²) in [5, 5.41) is 31.2. The summed E-state index contributed by atoms with van der Waals surface area (Å²) in [5.74, 6) is -0.208. The first kappa shape index (κ1) is 21.8. The number of rotatable bonds is 6. The van der Waals surface area contributed by atoms with Gasteiger partial charge in [-0.1, -0.05) is 42.5 Å². The lowest BCUT2D eigenvalue weighted by Gasteiger charge is -2.08. The second-order valence-electron chi connectivity index (χ2n) is 7.81. The first-order valence-electron chi connectivity index (χ1n) is 10.6. The van der Waals surface area contributed by atoms with Crippen molar-refractivity contribution in [2.45, 2.75) is 6.61 Å². The van der Waals surface area contributed by atoms with Crippen LogP contribution < -0.4 is 4.74 Å². The van der Waals surface area contributed by atoms with Gasteiger partial charge in [0.05, 0.1) is 10.4 Å². The highest BCUT2D eigenvalue weighted by Crippen LogP contribution is 2.37. The number of nitrogens with zero attached hydrogens (tertiary/aromatic N) is 3. The predicted octanol–water partition coefficient (Wildman–Crippen LogP) is 6.44. The Labute approximate surface area is 198 Å². The predicted molar refractivity (Wildman–Crippen MR) is 130 cm³/mol. The number of nitrogens with one attached hydrogen (secondary N) is 1. The van der Waals surface area contributed by atoms with Crippen LogP contribution in [0.3, 0.4) is 0 Å². The number of aromatic nitrogens is 1. The lowest BCUT2D eigenvalue weighted by atomic mass is 10.1. The monoisotopic (exact) mass is 466 g/mol. The number of azo groups is 1. The van der Waals surface area contributed by atoms with Crippen molar-refractivity contribution in [3.8, 4) is 11.6 Å². The number of fused-ring (bicyclic) bond motifs is 2. The minimum atomic E-state index is -0.619. The molecular weight excluding hydrogens is 448 g/mol. The molecule has 0 spiro atoms. The first-order chi connectivity index (χ1) is 17.0. The van der Waals surface area contributed by atoms with E-state index >= 15 is 0 Å². The third kappa shape index (κ3) is 4.55. The maximum Gasteiger partial charge on any atom is 0.295 e. The van der Waals surface area contributed by atoms with Crippen LogP contribution >= 0.6 is 0 Å². The number of carbonyl (C=O) groups excluding carboxylic acids is 1. The number of ether oxygens (including phenoxy) is 1. The van der Waals surface area contributed by atoms with Crippen molar-refractivity contribution in [3.63, 3.8) is 0 Å². The molecule has 0 unspecified atom stereocenters. The molecule has 0 bridgehead atoms. The van der Waals surface area contributed by atoms with E-state index < -0.39 is 10.8 Å². The van der Waals surface area contributed by atoms with E-state index in [4.69, 9.17) is 4.74 Å². The van der Waals surface area contributed by atoms with E-state index in [2.05, 4.69) is 15.2 Å². The normalized spacial score (nSPS) is 11.3. The number of amides is 1. The summed E-state index contributed by atoms with van der Waals surface area (Å²) in [6, 6.07) is 24.7. The average molecular weight is 466 g/mol. The van der Waals surface area contributed by atoms with Crippen LogP contribution in [-0.4, -0.2) is 20.9 Å². The SMILES string of the molecule is O=C(N=Nc1c(O)[nH]c2ccc([N+](=O)[O-])cc12)c1ccc(COc2ccc3ccccc3c2)cc1. The van der Waals surface area contributed by atoms with Crippen molar-refractivity contribution in [3.05, 3.63) is 106 Å². The van der Waals surface area contributed by atoms with Crippen molar-refractivity contribution < 1.29 is 19.6 Å². The van der Waals surface area contributed by atoms with Crippen LogP contribution in [0.15, 0.2) is 95.2 Å². The van der Waals surface area contributed by atoms with Crippen LogP contribution in [0, 0.1) is 10.1 Å². The molecule has 0 atom stereocenters. The zero-order valence-electron chi connectivity index (χ0n) is 18.2. The van der Waals surface area contributed by atoms with Gasteiger partial charge < -0.3 is 14.8 Å². The molecule has 5 rings (SSSR count). The zero-order chi connectivity index (χ0) is 24.4. The van der Waals surface area contributed by atoms with E-state index in [-0.39, 0.29) is 22.6 Å². The fraction of sp³-hybridized carbons (Fsp3) is 0.0385. The van der Waals surface area contributed by atoms with E-state index in [9.17, 15) is 20.0 Å². The summed E-state index contributed by atoms with van der Waals surface area (Å²) in [4.78, 5) is 25.6. The molecule has 4 aromatic carbocycles. The number of benzene rings is 4. The molecule has 0 radical (unpaired) electrons. The second-order valence-corrected chi connectivity index (χ2v) is 7.81. The number of nitro benzene ring substituents is 1. The number of aromatic amines is 1. The molecule has 0 aliphatic rings. The minimum absolute atomic E-state index is 0.0440. The third-order valence-corrected chi connectivity index (χ3v) is 5.51. The molecule has 9 nitrogen and oxygen atoms in total. The zero-order valence-corrected chi connectivity index (χ0v) is 18.2. The van der Waals surface area contributed by atoms with Crippen molar-refractivity contribution in [2.24, 2.45) is 10.2 Å². The quantitative estimate of drug-likeness (QED) is 0.169. The fourth-order valence-corrected chi connectivity index (χ4v) is 3.69. The van der Waals surface area contributed by atoms with Gasteiger partial charge in [0.15, 0.2) is 5.69 Å². The molecule has 9 heteroatoms. The largest absolute Gasteiger partial charge is 0.493 e. The maximum atomic E-state index is 12.5. The van der Waals surface area contributed by atoms with Gasteiger partial charge in [-0.2, -0.15) is 0 Å². The van der Waals surface area contributed by atoms with Crippen LogP contribution in [0.2, 0.25) is 0 Å².